The third-order valence-corrected chi connectivity index (χ3v) is 4.68. The third-order valence-electron chi connectivity index (χ3n) is 3.61. The highest BCUT2D eigenvalue weighted by molar-refractivity contribution is 6.46. The first-order chi connectivity index (χ1) is 11.7. The van der Waals surface area contributed by atoms with E-state index in [0.29, 0.717) is 12.3 Å². The Morgan fingerprint density at radius 2 is 1.72 bits per heavy atom. The molecular weight excluding hydrogens is 395 g/mol. The lowest BCUT2D eigenvalue weighted by molar-refractivity contribution is -0.158. The van der Waals surface area contributed by atoms with E-state index in [-0.39, 0.29) is 21.7 Å². The SMILES string of the molecule is CCC(CC)CCOC(=O)c1c(Cl)c(Cl)cc(Cl)c1OC(=O)C(=O)O. The fraction of sp³-hybridized carbons (Fsp3) is 0.438. The quantitative estimate of drug-likeness (QED) is 0.305. The van der Waals surface area contributed by atoms with Crippen LogP contribution in [0.25, 0.3) is 0 Å². The third kappa shape index (κ3) is 5.76. The zero-order valence-electron chi connectivity index (χ0n) is 13.6. The molecule has 138 valence electrons. The number of rotatable bonds is 7. The summed E-state index contributed by atoms with van der Waals surface area (Å²) >= 11 is 17.8. The van der Waals surface area contributed by atoms with Gasteiger partial charge in [0.25, 0.3) is 0 Å². The van der Waals surface area contributed by atoms with Crippen LogP contribution in [0.2, 0.25) is 15.1 Å². The van der Waals surface area contributed by atoms with Crippen LogP contribution in [0.1, 0.15) is 43.5 Å². The van der Waals surface area contributed by atoms with Gasteiger partial charge in [-0.1, -0.05) is 61.5 Å². The molecule has 1 rings (SSSR count). The van der Waals surface area contributed by atoms with Crippen LogP contribution in [-0.4, -0.2) is 29.6 Å². The Kier molecular flexibility index (Phi) is 8.48. The second-order valence-corrected chi connectivity index (χ2v) is 6.35. The number of ether oxygens (including phenoxy) is 2. The lowest BCUT2D eigenvalue weighted by Gasteiger charge is -2.15. The molecular formula is C16H17Cl3O6. The molecule has 1 aromatic rings. The Bertz CT molecular complexity index is 670. The summed E-state index contributed by atoms with van der Waals surface area (Å²) in [5.74, 6) is -4.48. The van der Waals surface area contributed by atoms with Gasteiger partial charge in [-0.2, -0.15) is 0 Å². The maximum absolute atomic E-state index is 12.3. The molecule has 0 atom stereocenters. The second kappa shape index (κ2) is 9.85. The molecule has 9 heteroatoms. The van der Waals surface area contributed by atoms with Gasteiger partial charge in [0, 0.05) is 0 Å². The summed E-state index contributed by atoms with van der Waals surface area (Å²) in [6, 6.07) is 1.14. The average Bonchev–Trinajstić information content (AvgIpc) is 2.56. The van der Waals surface area contributed by atoms with E-state index >= 15 is 0 Å². The molecule has 0 saturated carbocycles. The smallest absolute Gasteiger partial charge is 0.422 e. The van der Waals surface area contributed by atoms with Crippen LogP contribution in [0.5, 0.6) is 5.75 Å². The maximum Gasteiger partial charge on any atom is 0.422 e. The summed E-state index contributed by atoms with van der Waals surface area (Å²) in [5, 5.41) is 8.11. The maximum atomic E-state index is 12.3. The Morgan fingerprint density at radius 1 is 1.12 bits per heavy atom. The summed E-state index contributed by atoms with van der Waals surface area (Å²) in [7, 11) is 0. The van der Waals surface area contributed by atoms with Crippen molar-refractivity contribution in [2.75, 3.05) is 6.61 Å². The monoisotopic (exact) mass is 410 g/mol. The van der Waals surface area contributed by atoms with E-state index in [1.54, 1.807) is 0 Å². The van der Waals surface area contributed by atoms with Gasteiger partial charge in [-0.3, -0.25) is 0 Å². The zero-order valence-corrected chi connectivity index (χ0v) is 15.9. The molecule has 0 aliphatic rings. The molecule has 0 heterocycles. The summed E-state index contributed by atoms with van der Waals surface area (Å²) in [6.45, 7) is 4.19. The number of carboxylic acid groups (broad SMARTS) is 1. The molecule has 6 nitrogen and oxygen atoms in total. The van der Waals surface area contributed by atoms with E-state index in [0.717, 1.165) is 18.9 Å². The van der Waals surface area contributed by atoms with E-state index in [1.165, 1.54) is 0 Å². The van der Waals surface area contributed by atoms with Gasteiger partial charge in [0.2, 0.25) is 0 Å². The summed E-state index contributed by atoms with van der Waals surface area (Å²) in [4.78, 5) is 34.3. The lowest BCUT2D eigenvalue weighted by atomic mass is 10.0. The fourth-order valence-electron chi connectivity index (χ4n) is 2.08. The van der Waals surface area contributed by atoms with Crippen LogP contribution in [-0.2, 0) is 14.3 Å². The Balaban J connectivity index is 3.08. The minimum Gasteiger partial charge on any atom is -0.473 e. The zero-order chi connectivity index (χ0) is 19.1. The average molecular weight is 412 g/mol. The van der Waals surface area contributed by atoms with Crippen LogP contribution in [0.3, 0.4) is 0 Å². The number of halogens is 3. The number of hydrogen-bond donors (Lipinski definition) is 1. The second-order valence-electron chi connectivity index (χ2n) is 5.16. The van der Waals surface area contributed by atoms with Gasteiger partial charge >= 0.3 is 17.9 Å². The molecule has 0 fully saturated rings. The van der Waals surface area contributed by atoms with Crippen LogP contribution < -0.4 is 4.74 Å². The molecule has 0 amide bonds. The van der Waals surface area contributed by atoms with Gasteiger partial charge in [0.15, 0.2) is 5.75 Å². The van der Waals surface area contributed by atoms with Crippen LogP contribution >= 0.6 is 34.8 Å². The van der Waals surface area contributed by atoms with E-state index in [1.807, 2.05) is 13.8 Å². The Hall–Kier alpha value is -1.50. The molecule has 0 aliphatic heterocycles. The molecule has 0 unspecified atom stereocenters. The van der Waals surface area contributed by atoms with E-state index in [9.17, 15) is 14.4 Å². The van der Waals surface area contributed by atoms with Gasteiger partial charge in [-0.05, 0) is 18.4 Å². The number of esters is 2. The first-order valence-corrected chi connectivity index (χ1v) is 8.65. The normalized spacial score (nSPS) is 10.6. The van der Waals surface area contributed by atoms with Crippen molar-refractivity contribution in [1.29, 1.82) is 0 Å². The summed E-state index contributed by atoms with van der Waals surface area (Å²) in [5.41, 5.74) is -0.390. The number of carboxylic acids is 1. The number of aliphatic carboxylic acids is 1. The largest absolute Gasteiger partial charge is 0.473 e. The number of carbonyl (C=O) groups excluding carboxylic acids is 2. The fourth-order valence-corrected chi connectivity index (χ4v) is 2.80. The predicted molar refractivity (Wildman–Crippen MR) is 93.7 cm³/mol. The van der Waals surface area contributed by atoms with Crippen LogP contribution in [0, 0.1) is 5.92 Å². The van der Waals surface area contributed by atoms with E-state index in [2.05, 4.69) is 4.74 Å². The Labute approximate surface area is 159 Å². The van der Waals surface area contributed by atoms with Crippen molar-refractivity contribution in [3.8, 4) is 5.75 Å². The van der Waals surface area contributed by atoms with Crippen molar-refractivity contribution in [2.45, 2.75) is 33.1 Å². The van der Waals surface area contributed by atoms with Gasteiger partial charge in [-0.25, -0.2) is 14.4 Å². The Morgan fingerprint density at radius 3 is 2.24 bits per heavy atom. The molecule has 1 aromatic carbocycles. The van der Waals surface area contributed by atoms with Gasteiger partial charge in [0.05, 0.1) is 21.7 Å². The lowest BCUT2D eigenvalue weighted by Crippen LogP contribution is -2.21. The molecule has 0 radical (unpaired) electrons. The molecule has 0 aromatic heterocycles. The standard InChI is InChI=1S/C16H17Cl3O6/c1-3-8(4-2)5-6-24-15(22)11-12(19)9(17)7-10(18)13(11)25-16(23)14(20)21/h7-8H,3-6H2,1-2H3,(H,20,21). The number of hydrogen-bond acceptors (Lipinski definition) is 5. The predicted octanol–water partition coefficient (Wildman–Crippen LogP) is 4.62. The van der Waals surface area contributed by atoms with E-state index < -0.39 is 29.2 Å². The number of benzene rings is 1. The highest BCUT2D eigenvalue weighted by atomic mass is 35.5. The van der Waals surface area contributed by atoms with Crippen LogP contribution in [0.4, 0.5) is 0 Å². The van der Waals surface area contributed by atoms with Crippen LogP contribution in [0.15, 0.2) is 6.07 Å². The van der Waals surface area contributed by atoms with Crippen molar-refractivity contribution in [1.82, 2.24) is 0 Å². The molecule has 1 N–H and O–H groups in total. The molecule has 0 saturated heterocycles. The minimum absolute atomic E-state index is 0.0614. The first kappa shape index (κ1) is 21.5. The minimum atomic E-state index is -1.85. The van der Waals surface area contributed by atoms with Crippen molar-refractivity contribution >= 4 is 52.7 Å². The van der Waals surface area contributed by atoms with Crippen molar-refractivity contribution in [2.24, 2.45) is 5.92 Å². The van der Waals surface area contributed by atoms with Gasteiger partial charge in [-0.15, -0.1) is 0 Å². The highest BCUT2D eigenvalue weighted by Gasteiger charge is 2.27. The molecule has 25 heavy (non-hydrogen) atoms. The van der Waals surface area contributed by atoms with Crippen molar-refractivity contribution < 1.29 is 29.0 Å². The number of carbonyl (C=O) groups is 3. The van der Waals surface area contributed by atoms with E-state index in [4.69, 9.17) is 44.6 Å². The molecule has 0 spiro atoms. The molecule has 0 aliphatic carbocycles. The molecule has 0 bridgehead atoms. The van der Waals surface area contributed by atoms with Gasteiger partial charge in [0.1, 0.15) is 5.56 Å². The van der Waals surface area contributed by atoms with Crippen molar-refractivity contribution in [3.05, 3.63) is 26.7 Å². The van der Waals surface area contributed by atoms with Crippen molar-refractivity contribution in [3.63, 3.8) is 0 Å². The summed E-state index contributed by atoms with van der Waals surface area (Å²) < 4.78 is 9.81. The summed E-state index contributed by atoms with van der Waals surface area (Å²) in [6.07, 6.45) is 2.54. The first-order valence-electron chi connectivity index (χ1n) is 7.52. The van der Waals surface area contributed by atoms with Gasteiger partial charge < -0.3 is 14.6 Å². The highest BCUT2D eigenvalue weighted by Crippen LogP contribution is 2.39. The topological polar surface area (TPSA) is 89.9 Å².